The van der Waals surface area contributed by atoms with Gasteiger partial charge in [-0.25, -0.2) is 4.98 Å². The van der Waals surface area contributed by atoms with Gasteiger partial charge in [0, 0.05) is 18.1 Å². The van der Waals surface area contributed by atoms with Gasteiger partial charge < -0.3 is 15.2 Å². The summed E-state index contributed by atoms with van der Waals surface area (Å²) in [6.07, 6.45) is 1.80. The van der Waals surface area contributed by atoms with Crippen molar-refractivity contribution in [1.82, 2.24) is 4.98 Å². The molecule has 1 amide bonds. The number of pyridine rings is 1. The van der Waals surface area contributed by atoms with E-state index in [0.29, 0.717) is 23.3 Å². The number of aromatic nitrogens is 1. The lowest BCUT2D eigenvalue weighted by atomic mass is 10.1. The van der Waals surface area contributed by atoms with E-state index in [1.54, 1.807) is 30.5 Å². The normalized spacial score (nSPS) is 10.2. The lowest BCUT2D eigenvalue weighted by Crippen LogP contribution is -2.13. The van der Waals surface area contributed by atoms with E-state index in [9.17, 15) is 4.79 Å². The van der Waals surface area contributed by atoms with Crippen LogP contribution in [0, 0.1) is 0 Å². The molecule has 0 atom stereocenters. The molecule has 0 spiro atoms. The number of nitrogens with two attached hydrogens (primary N) is 1. The van der Waals surface area contributed by atoms with Crippen LogP contribution in [0.15, 0.2) is 36.5 Å². The number of hydrogen-bond acceptors (Lipinski definition) is 4. The van der Waals surface area contributed by atoms with Crippen molar-refractivity contribution in [3.63, 3.8) is 0 Å². The van der Waals surface area contributed by atoms with Crippen molar-refractivity contribution >= 4 is 17.5 Å². The first-order chi connectivity index (χ1) is 10.1. The molecule has 0 unspecified atom stereocenters. The topological polar surface area (TPSA) is 74.4 Å². The van der Waals surface area contributed by atoms with Gasteiger partial charge in [0.15, 0.2) is 11.5 Å². The number of methoxy groups -OCH3 is 1. The first-order valence-electron chi connectivity index (χ1n) is 6.26. The number of amides is 1. The number of nitrogens with zero attached hydrogens (tertiary/aromatic N) is 1. The van der Waals surface area contributed by atoms with Crippen LogP contribution < -0.4 is 15.2 Å². The minimum atomic E-state index is -0.399. The second-order valence-electron chi connectivity index (χ2n) is 4.37. The fraction of sp³-hybridized carbons (Fsp3) is 0.200. The molecule has 2 rings (SSSR count). The summed E-state index contributed by atoms with van der Waals surface area (Å²) >= 11 is 5.71. The molecule has 1 heterocycles. The van der Waals surface area contributed by atoms with Gasteiger partial charge in [-0.15, -0.1) is 11.6 Å². The zero-order valence-corrected chi connectivity index (χ0v) is 12.3. The van der Waals surface area contributed by atoms with E-state index in [4.69, 9.17) is 26.8 Å². The number of primary amides is 1. The van der Waals surface area contributed by atoms with Crippen molar-refractivity contribution in [2.24, 2.45) is 5.73 Å². The maximum Gasteiger partial charge on any atom is 0.221 e. The molecule has 0 saturated heterocycles. The van der Waals surface area contributed by atoms with Crippen molar-refractivity contribution in [2.45, 2.75) is 12.3 Å². The Bertz CT molecular complexity index is 629. The molecule has 0 fully saturated rings. The summed E-state index contributed by atoms with van der Waals surface area (Å²) in [6.45, 7) is 0. The van der Waals surface area contributed by atoms with Crippen LogP contribution in [0.1, 0.15) is 11.1 Å². The highest BCUT2D eigenvalue weighted by atomic mass is 35.5. The van der Waals surface area contributed by atoms with E-state index in [1.165, 1.54) is 7.11 Å². The van der Waals surface area contributed by atoms with Crippen molar-refractivity contribution in [3.8, 4) is 17.4 Å². The zero-order chi connectivity index (χ0) is 15.2. The molecular formula is C15H15ClN2O3. The van der Waals surface area contributed by atoms with Crippen molar-refractivity contribution in [3.05, 3.63) is 47.7 Å². The Morgan fingerprint density at radius 2 is 2.00 bits per heavy atom. The van der Waals surface area contributed by atoms with Crippen molar-refractivity contribution in [1.29, 1.82) is 0 Å². The van der Waals surface area contributed by atoms with Gasteiger partial charge >= 0.3 is 0 Å². The maximum absolute atomic E-state index is 10.9. The Balaban J connectivity index is 2.20. The number of alkyl halides is 1. The summed E-state index contributed by atoms with van der Waals surface area (Å²) < 4.78 is 10.9. The van der Waals surface area contributed by atoms with E-state index in [0.717, 1.165) is 11.1 Å². The van der Waals surface area contributed by atoms with Crippen molar-refractivity contribution in [2.75, 3.05) is 7.11 Å². The van der Waals surface area contributed by atoms with Crippen LogP contribution >= 0.6 is 11.6 Å². The maximum atomic E-state index is 10.9. The average molecular weight is 307 g/mol. The number of halogens is 1. The minimum absolute atomic E-state index is 0.152. The summed E-state index contributed by atoms with van der Waals surface area (Å²) in [5.41, 5.74) is 6.84. The van der Waals surface area contributed by atoms with Crippen LogP contribution in [0.4, 0.5) is 0 Å². The molecule has 21 heavy (non-hydrogen) atoms. The fourth-order valence-corrected chi connectivity index (χ4v) is 1.93. The molecule has 0 aliphatic rings. The Morgan fingerprint density at radius 1 is 1.24 bits per heavy atom. The molecule has 2 N–H and O–H groups in total. The van der Waals surface area contributed by atoms with Gasteiger partial charge in [-0.05, 0) is 23.3 Å². The van der Waals surface area contributed by atoms with E-state index < -0.39 is 5.91 Å². The highest BCUT2D eigenvalue weighted by molar-refractivity contribution is 6.17. The SMILES string of the molecule is COc1cc(CC(N)=O)ccc1Oc1ccc(CCl)cn1. The Hall–Kier alpha value is -2.27. The lowest BCUT2D eigenvalue weighted by molar-refractivity contribution is -0.117. The number of carbonyl (C=O) groups excluding carboxylic acids is 1. The first-order valence-corrected chi connectivity index (χ1v) is 6.80. The molecule has 0 aliphatic carbocycles. The average Bonchev–Trinajstić information content (AvgIpc) is 2.49. The van der Waals surface area contributed by atoms with E-state index in [-0.39, 0.29) is 6.42 Å². The molecule has 6 heteroatoms. The van der Waals surface area contributed by atoms with E-state index in [1.807, 2.05) is 6.07 Å². The second-order valence-corrected chi connectivity index (χ2v) is 4.64. The monoisotopic (exact) mass is 306 g/mol. The van der Waals surface area contributed by atoms with Crippen molar-refractivity contribution < 1.29 is 14.3 Å². The lowest BCUT2D eigenvalue weighted by Gasteiger charge is -2.11. The largest absolute Gasteiger partial charge is 0.493 e. The Labute approximate surface area is 127 Å². The molecule has 110 valence electrons. The summed E-state index contributed by atoms with van der Waals surface area (Å²) in [5, 5.41) is 0. The molecular weight excluding hydrogens is 292 g/mol. The van der Waals surface area contributed by atoms with Gasteiger partial charge in [0.1, 0.15) is 0 Å². The first kappa shape index (κ1) is 15.1. The molecule has 0 bridgehead atoms. The molecule has 0 radical (unpaired) electrons. The predicted octanol–water partition coefficient (Wildman–Crippen LogP) is 2.65. The third kappa shape index (κ3) is 4.10. The summed E-state index contributed by atoms with van der Waals surface area (Å²) in [6, 6.07) is 8.76. The predicted molar refractivity (Wildman–Crippen MR) is 79.8 cm³/mol. The molecule has 1 aromatic heterocycles. The second kappa shape index (κ2) is 6.95. The third-order valence-corrected chi connectivity index (χ3v) is 3.08. The van der Waals surface area contributed by atoms with Crippen LogP contribution in [-0.4, -0.2) is 18.0 Å². The van der Waals surface area contributed by atoms with Gasteiger partial charge in [-0.1, -0.05) is 12.1 Å². The molecule has 0 saturated carbocycles. The van der Waals surface area contributed by atoms with Crippen LogP contribution in [0.3, 0.4) is 0 Å². The molecule has 2 aromatic rings. The summed E-state index contributed by atoms with van der Waals surface area (Å²) in [7, 11) is 1.53. The quantitative estimate of drug-likeness (QED) is 0.833. The fourth-order valence-electron chi connectivity index (χ4n) is 1.77. The number of carbonyl (C=O) groups is 1. The van der Waals surface area contributed by atoms with Gasteiger partial charge in [0.05, 0.1) is 13.5 Å². The van der Waals surface area contributed by atoms with Crippen LogP contribution in [-0.2, 0) is 17.1 Å². The van der Waals surface area contributed by atoms with Gasteiger partial charge in [0.2, 0.25) is 11.8 Å². The summed E-state index contributed by atoms with van der Waals surface area (Å²) in [4.78, 5) is 15.1. The third-order valence-electron chi connectivity index (χ3n) is 2.77. The Kier molecular flexibility index (Phi) is 5.00. The van der Waals surface area contributed by atoms with Gasteiger partial charge in [-0.3, -0.25) is 4.79 Å². The van der Waals surface area contributed by atoms with E-state index in [2.05, 4.69) is 4.98 Å². The van der Waals surface area contributed by atoms with Gasteiger partial charge in [0.25, 0.3) is 0 Å². The molecule has 0 aliphatic heterocycles. The number of hydrogen-bond donors (Lipinski definition) is 1. The van der Waals surface area contributed by atoms with E-state index >= 15 is 0 Å². The zero-order valence-electron chi connectivity index (χ0n) is 11.5. The number of benzene rings is 1. The minimum Gasteiger partial charge on any atom is -0.493 e. The Morgan fingerprint density at radius 3 is 2.57 bits per heavy atom. The standard InChI is InChI=1S/C15H15ClN2O3/c1-20-13-6-10(7-14(17)19)2-4-12(13)21-15-5-3-11(8-16)9-18-15/h2-6,9H,7-8H2,1H3,(H2,17,19). The van der Waals surface area contributed by atoms with Crippen LogP contribution in [0.25, 0.3) is 0 Å². The number of ether oxygens (including phenoxy) is 2. The molecule has 5 nitrogen and oxygen atoms in total. The highest BCUT2D eigenvalue weighted by Gasteiger charge is 2.09. The van der Waals surface area contributed by atoms with Crippen LogP contribution in [0.2, 0.25) is 0 Å². The summed E-state index contributed by atoms with van der Waals surface area (Å²) in [5.74, 6) is 1.46. The highest BCUT2D eigenvalue weighted by Crippen LogP contribution is 2.31. The number of rotatable bonds is 6. The van der Waals surface area contributed by atoms with Gasteiger partial charge in [-0.2, -0.15) is 0 Å². The van der Waals surface area contributed by atoms with Crippen LogP contribution in [0.5, 0.6) is 17.4 Å². The molecule has 1 aromatic carbocycles. The smallest absolute Gasteiger partial charge is 0.221 e.